The molecular formula is C15H14ClF2NO. The molecule has 5 heteroatoms. The van der Waals surface area contributed by atoms with Crippen LogP contribution in [0.3, 0.4) is 0 Å². The van der Waals surface area contributed by atoms with E-state index >= 15 is 0 Å². The molecule has 106 valence electrons. The largest absolute Gasteiger partial charge is 0.301 e. The molecule has 1 heterocycles. The number of aryl methyl sites for hydroxylation is 1. The molecule has 0 radical (unpaired) electrons. The lowest BCUT2D eigenvalue weighted by Crippen LogP contribution is -2.25. The Kier molecular flexibility index (Phi) is 4.55. The van der Waals surface area contributed by atoms with Gasteiger partial charge in [-0.05, 0) is 24.1 Å². The van der Waals surface area contributed by atoms with Crippen molar-refractivity contribution in [1.29, 1.82) is 0 Å². The average Bonchev–Trinajstić information content (AvgIpc) is 2.44. The van der Waals surface area contributed by atoms with E-state index in [0.717, 1.165) is 22.1 Å². The van der Waals surface area contributed by atoms with Gasteiger partial charge in [0.25, 0.3) is 12.0 Å². The number of rotatable bonds is 4. The summed E-state index contributed by atoms with van der Waals surface area (Å²) in [6.07, 6.45) is -1.86. The number of benzene rings is 1. The van der Waals surface area contributed by atoms with E-state index in [4.69, 9.17) is 11.6 Å². The maximum atomic E-state index is 12.7. The monoisotopic (exact) mass is 297 g/mol. The van der Waals surface area contributed by atoms with Crippen molar-refractivity contribution in [3.05, 3.63) is 57.3 Å². The molecule has 0 unspecified atom stereocenters. The molecule has 0 spiro atoms. The van der Waals surface area contributed by atoms with Gasteiger partial charge in [-0.2, -0.15) is 0 Å². The molecule has 0 saturated carbocycles. The van der Waals surface area contributed by atoms with Crippen LogP contribution in [0.5, 0.6) is 0 Å². The minimum absolute atomic E-state index is 0.0524. The van der Waals surface area contributed by atoms with Crippen molar-refractivity contribution in [2.24, 2.45) is 0 Å². The minimum atomic E-state index is -2.61. The van der Waals surface area contributed by atoms with E-state index in [2.05, 4.69) is 0 Å². The van der Waals surface area contributed by atoms with Crippen LogP contribution in [0.25, 0.3) is 11.3 Å². The molecule has 2 aromatic rings. The fraction of sp³-hybridized carbons (Fsp3) is 0.267. The molecule has 0 aliphatic heterocycles. The number of aromatic nitrogens is 1. The Hall–Kier alpha value is -1.68. The molecule has 1 aromatic carbocycles. The molecule has 0 N–H and O–H groups in total. The van der Waals surface area contributed by atoms with Gasteiger partial charge >= 0.3 is 0 Å². The van der Waals surface area contributed by atoms with E-state index in [1.54, 1.807) is 6.07 Å². The van der Waals surface area contributed by atoms with Crippen LogP contribution >= 0.6 is 11.6 Å². The van der Waals surface area contributed by atoms with Gasteiger partial charge in [0.2, 0.25) is 0 Å². The van der Waals surface area contributed by atoms with Gasteiger partial charge in [0.15, 0.2) is 0 Å². The minimum Gasteiger partial charge on any atom is -0.301 e. The van der Waals surface area contributed by atoms with Crippen molar-refractivity contribution >= 4 is 11.6 Å². The Balaban J connectivity index is 2.67. The number of halogens is 3. The highest BCUT2D eigenvalue weighted by molar-refractivity contribution is 6.30. The van der Waals surface area contributed by atoms with Gasteiger partial charge in [0.05, 0.1) is 12.2 Å². The molecule has 0 aliphatic carbocycles. The van der Waals surface area contributed by atoms with Crippen molar-refractivity contribution in [2.75, 3.05) is 0 Å². The fourth-order valence-corrected chi connectivity index (χ4v) is 2.35. The van der Waals surface area contributed by atoms with E-state index in [0.29, 0.717) is 5.69 Å². The predicted octanol–water partition coefficient (Wildman–Crippen LogP) is 4.00. The lowest BCUT2D eigenvalue weighted by Gasteiger charge is -2.15. The molecule has 0 saturated heterocycles. The molecule has 20 heavy (non-hydrogen) atoms. The third kappa shape index (κ3) is 2.90. The Bertz CT molecular complexity index is 667. The van der Waals surface area contributed by atoms with Crippen LogP contribution in [0, 0.1) is 0 Å². The zero-order chi connectivity index (χ0) is 14.7. The fourth-order valence-electron chi connectivity index (χ4n) is 2.18. The van der Waals surface area contributed by atoms with Crippen LogP contribution < -0.4 is 5.56 Å². The second-order valence-corrected chi connectivity index (χ2v) is 4.79. The molecule has 2 nitrogen and oxygen atoms in total. The zero-order valence-electron chi connectivity index (χ0n) is 10.9. The number of alkyl halides is 2. The van der Waals surface area contributed by atoms with Crippen LogP contribution in [0.1, 0.15) is 12.5 Å². The first kappa shape index (κ1) is 14.7. The lowest BCUT2D eigenvalue weighted by atomic mass is 10.0. The van der Waals surface area contributed by atoms with Crippen LogP contribution in [0.4, 0.5) is 8.78 Å². The molecule has 0 aliphatic rings. The van der Waals surface area contributed by atoms with Crippen LogP contribution in [-0.2, 0) is 13.0 Å². The molecule has 0 amide bonds. The van der Waals surface area contributed by atoms with Gasteiger partial charge in [-0.3, -0.25) is 4.79 Å². The lowest BCUT2D eigenvalue weighted by molar-refractivity contribution is 0.126. The highest BCUT2D eigenvalue weighted by Crippen LogP contribution is 2.24. The van der Waals surface area contributed by atoms with E-state index < -0.39 is 18.5 Å². The van der Waals surface area contributed by atoms with Crippen LogP contribution in [0.15, 0.2) is 41.2 Å². The molecule has 0 atom stereocenters. The summed E-state index contributed by atoms with van der Waals surface area (Å²) in [6.45, 7) is 1.32. The van der Waals surface area contributed by atoms with Gasteiger partial charge in [-0.15, -0.1) is 0 Å². The van der Waals surface area contributed by atoms with E-state index in [1.807, 2.05) is 31.2 Å². The summed E-state index contributed by atoms with van der Waals surface area (Å²) in [7, 11) is 0. The van der Waals surface area contributed by atoms with E-state index in [9.17, 15) is 13.6 Å². The summed E-state index contributed by atoms with van der Waals surface area (Å²) in [4.78, 5) is 12.0. The van der Waals surface area contributed by atoms with Crippen molar-refractivity contribution in [2.45, 2.75) is 26.3 Å². The third-order valence-corrected chi connectivity index (χ3v) is 3.41. The molecule has 0 bridgehead atoms. The maximum absolute atomic E-state index is 12.7. The highest BCUT2D eigenvalue weighted by Gasteiger charge is 2.15. The molecule has 0 fully saturated rings. The first-order valence-corrected chi connectivity index (χ1v) is 6.68. The Morgan fingerprint density at radius 1 is 1.20 bits per heavy atom. The second-order valence-electron chi connectivity index (χ2n) is 4.38. The van der Waals surface area contributed by atoms with Crippen molar-refractivity contribution in [1.82, 2.24) is 4.57 Å². The predicted molar refractivity (Wildman–Crippen MR) is 76.5 cm³/mol. The summed E-state index contributed by atoms with van der Waals surface area (Å²) in [5.41, 5.74) is 1.66. The smallest absolute Gasteiger partial charge is 0.269 e. The molecular weight excluding hydrogens is 284 g/mol. The quantitative estimate of drug-likeness (QED) is 0.836. The maximum Gasteiger partial charge on any atom is 0.269 e. The summed E-state index contributed by atoms with van der Waals surface area (Å²) in [5.74, 6) is 0. The molecule has 1 aromatic heterocycles. The number of pyridine rings is 1. The van der Waals surface area contributed by atoms with E-state index in [-0.39, 0.29) is 5.02 Å². The normalized spacial score (nSPS) is 11.1. The molecule has 2 rings (SSSR count). The number of hydrogen-bond acceptors (Lipinski definition) is 1. The van der Waals surface area contributed by atoms with Crippen LogP contribution in [-0.4, -0.2) is 11.0 Å². The summed E-state index contributed by atoms with van der Waals surface area (Å²) in [5, 5.41) is -0.0524. The van der Waals surface area contributed by atoms with Gasteiger partial charge in [0.1, 0.15) is 5.02 Å². The number of nitrogens with zero attached hydrogens (tertiary/aromatic N) is 1. The van der Waals surface area contributed by atoms with Crippen molar-refractivity contribution in [3.63, 3.8) is 0 Å². The Morgan fingerprint density at radius 2 is 1.90 bits per heavy atom. The standard InChI is InChI=1S/C15H14ClF2NO/c1-2-10-5-3-4-6-11(10)13-8-7-12(16)15(20)19(13)9-14(17)18/h3-8,14H,2,9H2,1H3. The van der Waals surface area contributed by atoms with Crippen LogP contribution in [0.2, 0.25) is 5.02 Å². The SMILES string of the molecule is CCc1ccccc1-c1ccc(Cl)c(=O)n1CC(F)F. The van der Waals surface area contributed by atoms with Crippen molar-refractivity contribution in [3.8, 4) is 11.3 Å². The Labute approximate surface area is 120 Å². The van der Waals surface area contributed by atoms with Gasteiger partial charge in [-0.25, -0.2) is 8.78 Å². The Morgan fingerprint density at radius 3 is 2.55 bits per heavy atom. The zero-order valence-corrected chi connectivity index (χ0v) is 11.7. The second kappa shape index (κ2) is 6.18. The van der Waals surface area contributed by atoms with Gasteiger partial charge < -0.3 is 4.57 Å². The number of hydrogen-bond donors (Lipinski definition) is 0. The summed E-state index contributed by atoms with van der Waals surface area (Å²) >= 11 is 5.75. The first-order valence-electron chi connectivity index (χ1n) is 6.30. The van der Waals surface area contributed by atoms with Gasteiger partial charge in [-0.1, -0.05) is 42.8 Å². The van der Waals surface area contributed by atoms with Gasteiger partial charge in [0, 0.05) is 5.56 Å². The topological polar surface area (TPSA) is 22.0 Å². The highest BCUT2D eigenvalue weighted by atomic mass is 35.5. The van der Waals surface area contributed by atoms with E-state index in [1.165, 1.54) is 6.07 Å². The third-order valence-electron chi connectivity index (χ3n) is 3.12. The summed E-state index contributed by atoms with van der Waals surface area (Å²) in [6, 6.07) is 10.5. The first-order chi connectivity index (χ1) is 9.54. The summed E-state index contributed by atoms with van der Waals surface area (Å²) < 4.78 is 26.5. The van der Waals surface area contributed by atoms with Crippen molar-refractivity contribution < 1.29 is 8.78 Å². The average molecular weight is 298 g/mol.